The van der Waals surface area contributed by atoms with Gasteiger partial charge in [-0.2, -0.15) is 0 Å². The summed E-state index contributed by atoms with van der Waals surface area (Å²) in [7, 11) is -0.888. The molecule has 1 fully saturated rings. The standard InChI is InChI=1S/C17H25NO3S/c1-17(2,3)16(19)18-14-6-4-5-13(11-14)12-22(20)15-7-9-21-10-8-15/h4-6,11,15H,7-10,12H2,1-3H3,(H,18,19)/t22-/m0/s1. The summed E-state index contributed by atoms with van der Waals surface area (Å²) < 4.78 is 17.7. The Hall–Kier alpha value is -1.20. The molecule has 2 rings (SSSR count). The van der Waals surface area contributed by atoms with E-state index in [0.717, 1.165) is 24.1 Å². The van der Waals surface area contributed by atoms with Gasteiger partial charge in [-0.15, -0.1) is 0 Å². The molecular formula is C17H25NO3S. The number of amides is 1. The molecule has 0 bridgehead atoms. The van der Waals surface area contributed by atoms with Crippen molar-refractivity contribution < 1.29 is 13.7 Å². The summed E-state index contributed by atoms with van der Waals surface area (Å²) >= 11 is 0. The van der Waals surface area contributed by atoms with Gasteiger partial charge in [0.1, 0.15) is 0 Å². The van der Waals surface area contributed by atoms with Crippen molar-refractivity contribution in [3.8, 4) is 0 Å². The Morgan fingerprint density at radius 3 is 2.64 bits per heavy atom. The maximum Gasteiger partial charge on any atom is 0.229 e. The second kappa shape index (κ2) is 7.38. The zero-order chi connectivity index (χ0) is 16.2. The van der Waals surface area contributed by atoms with E-state index in [9.17, 15) is 9.00 Å². The lowest BCUT2D eigenvalue weighted by Crippen LogP contribution is -2.27. The third-order valence-electron chi connectivity index (χ3n) is 3.72. The first-order valence-electron chi connectivity index (χ1n) is 7.71. The lowest BCUT2D eigenvalue weighted by Gasteiger charge is -2.21. The number of ether oxygens (including phenoxy) is 1. The minimum Gasteiger partial charge on any atom is -0.381 e. The highest BCUT2D eigenvalue weighted by atomic mass is 32.2. The summed E-state index contributed by atoms with van der Waals surface area (Å²) in [4.78, 5) is 12.0. The van der Waals surface area contributed by atoms with Crippen LogP contribution in [0.4, 0.5) is 5.69 Å². The van der Waals surface area contributed by atoms with E-state index < -0.39 is 16.2 Å². The van der Waals surface area contributed by atoms with Crippen molar-refractivity contribution in [3.05, 3.63) is 29.8 Å². The number of hydrogen-bond donors (Lipinski definition) is 1. The zero-order valence-corrected chi connectivity index (χ0v) is 14.4. The topological polar surface area (TPSA) is 55.4 Å². The van der Waals surface area contributed by atoms with Crippen LogP contribution in [0.1, 0.15) is 39.2 Å². The average molecular weight is 323 g/mol. The predicted molar refractivity (Wildman–Crippen MR) is 90.2 cm³/mol. The van der Waals surface area contributed by atoms with Crippen LogP contribution < -0.4 is 5.32 Å². The first kappa shape index (κ1) is 17.2. The minimum absolute atomic E-state index is 0.0183. The Bertz CT molecular complexity index is 545. The van der Waals surface area contributed by atoms with Gasteiger partial charge in [0.05, 0.1) is 0 Å². The number of rotatable bonds is 4. The van der Waals surface area contributed by atoms with Crippen molar-refractivity contribution in [2.24, 2.45) is 5.41 Å². The van der Waals surface area contributed by atoms with Crippen molar-refractivity contribution >= 4 is 22.4 Å². The van der Waals surface area contributed by atoms with Gasteiger partial charge >= 0.3 is 0 Å². The Labute approximate surface area is 135 Å². The molecule has 22 heavy (non-hydrogen) atoms. The molecule has 0 saturated carbocycles. The van der Waals surface area contributed by atoms with Crippen molar-refractivity contribution in [1.82, 2.24) is 0 Å². The molecule has 1 N–H and O–H groups in total. The lowest BCUT2D eigenvalue weighted by atomic mass is 9.95. The van der Waals surface area contributed by atoms with E-state index >= 15 is 0 Å². The van der Waals surface area contributed by atoms with Gasteiger partial charge in [0.25, 0.3) is 0 Å². The largest absolute Gasteiger partial charge is 0.381 e. The quantitative estimate of drug-likeness (QED) is 0.926. The van der Waals surface area contributed by atoms with Gasteiger partial charge in [-0.1, -0.05) is 32.9 Å². The molecule has 1 aromatic rings. The summed E-state index contributed by atoms with van der Waals surface area (Å²) in [6, 6.07) is 7.64. The molecule has 1 aliphatic rings. The first-order chi connectivity index (χ1) is 10.4. The van der Waals surface area contributed by atoms with E-state index in [0.29, 0.717) is 19.0 Å². The van der Waals surface area contributed by atoms with E-state index in [1.54, 1.807) is 0 Å². The third kappa shape index (κ3) is 4.92. The molecule has 1 amide bonds. The number of nitrogens with one attached hydrogen (secondary N) is 1. The van der Waals surface area contributed by atoms with Crippen LogP contribution in [0.15, 0.2) is 24.3 Å². The van der Waals surface area contributed by atoms with Gasteiger partial charge in [-0.25, -0.2) is 0 Å². The molecule has 0 radical (unpaired) electrons. The van der Waals surface area contributed by atoms with Crippen molar-refractivity contribution in [1.29, 1.82) is 0 Å². The SMILES string of the molecule is CC(C)(C)C(=O)Nc1cccc(C[S@](=O)C2CCOCC2)c1. The molecule has 1 aromatic carbocycles. The van der Waals surface area contributed by atoms with Crippen LogP contribution in [0.25, 0.3) is 0 Å². The van der Waals surface area contributed by atoms with Crippen LogP contribution in [0, 0.1) is 5.41 Å². The Kier molecular flexibility index (Phi) is 5.75. The smallest absolute Gasteiger partial charge is 0.229 e. The molecule has 5 heteroatoms. The maximum absolute atomic E-state index is 12.4. The fourth-order valence-corrected chi connectivity index (χ4v) is 3.74. The first-order valence-corrected chi connectivity index (χ1v) is 9.10. The molecular weight excluding hydrogens is 298 g/mol. The van der Waals surface area contributed by atoms with Crippen molar-refractivity contribution in [2.75, 3.05) is 18.5 Å². The van der Waals surface area contributed by atoms with Crippen LogP contribution in [-0.4, -0.2) is 28.6 Å². The molecule has 1 saturated heterocycles. The van der Waals surface area contributed by atoms with Crippen molar-refractivity contribution in [2.45, 2.75) is 44.6 Å². The van der Waals surface area contributed by atoms with Gasteiger partial charge in [0, 0.05) is 46.1 Å². The van der Waals surface area contributed by atoms with Gasteiger partial charge in [0.15, 0.2) is 0 Å². The second-order valence-corrected chi connectivity index (χ2v) is 8.46. The number of benzene rings is 1. The number of anilines is 1. The highest BCUT2D eigenvalue weighted by Crippen LogP contribution is 2.21. The van der Waals surface area contributed by atoms with Gasteiger partial charge in [-0.3, -0.25) is 9.00 Å². The molecule has 1 heterocycles. The molecule has 1 atom stereocenters. The molecule has 122 valence electrons. The summed E-state index contributed by atoms with van der Waals surface area (Å²) in [5.74, 6) is 0.513. The van der Waals surface area contributed by atoms with Gasteiger partial charge in [0.2, 0.25) is 5.91 Å². The van der Waals surface area contributed by atoms with E-state index in [4.69, 9.17) is 4.74 Å². The zero-order valence-electron chi connectivity index (χ0n) is 13.6. The summed E-state index contributed by atoms with van der Waals surface area (Å²) in [5, 5.41) is 3.14. The van der Waals surface area contributed by atoms with E-state index in [-0.39, 0.29) is 11.2 Å². The van der Waals surface area contributed by atoms with Gasteiger partial charge < -0.3 is 10.1 Å². The molecule has 0 spiro atoms. The number of hydrogen-bond acceptors (Lipinski definition) is 3. The number of carbonyl (C=O) groups is 1. The van der Waals surface area contributed by atoms with E-state index in [1.165, 1.54) is 0 Å². The van der Waals surface area contributed by atoms with Crippen molar-refractivity contribution in [3.63, 3.8) is 0 Å². The van der Waals surface area contributed by atoms with Crippen LogP contribution >= 0.6 is 0 Å². The maximum atomic E-state index is 12.4. The average Bonchev–Trinajstić information content (AvgIpc) is 2.47. The molecule has 0 aliphatic carbocycles. The van der Waals surface area contributed by atoms with Crippen LogP contribution in [-0.2, 0) is 26.1 Å². The normalized spacial score (nSPS) is 18.0. The van der Waals surface area contributed by atoms with Crippen LogP contribution in [0.5, 0.6) is 0 Å². The fourth-order valence-electron chi connectivity index (χ4n) is 2.28. The molecule has 0 aromatic heterocycles. The molecule has 0 unspecified atom stereocenters. The highest BCUT2D eigenvalue weighted by Gasteiger charge is 2.22. The lowest BCUT2D eigenvalue weighted by molar-refractivity contribution is -0.123. The monoisotopic (exact) mass is 323 g/mol. The minimum atomic E-state index is -0.888. The summed E-state index contributed by atoms with van der Waals surface area (Å²) in [5.41, 5.74) is 1.33. The van der Waals surface area contributed by atoms with Gasteiger partial charge in [-0.05, 0) is 30.5 Å². The van der Waals surface area contributed by atoms with E-state index in [2.05, 4.69) is 5.32 Å². The van der Waals surface area contributed by atoms with E-state index in [1.807, 2.05) is 45.0 Å². The van der Waals surface area contributed by atoms with Crippen LogP contribution in [0.2, 0.25) is 0 Å². The predicted octanol–water partition coefficient (Wildman–Crippen LogP) is 3.10. The number of carbonyl (C=O) groups excluding carboxylic acids is 1. The summed E-state index contributed by atoms with van der Waals surface area (Å²) in [6.07, 6.45) is 1.74. The molecule has 4 nitrogen and oxygen atoms in total. The van der Waals surface area contributed by atoms with Crippen LogP contribution in [0.3, 0.4) is 0 Å². The third-order valence-corrected chi connectivity index (χ3v) is 5.55. The summed E-state index contributed by atoms with van der Waals surface area (Å²) in [6.45, 7) is 7.06. The second-order valence-electron chi connectivity index (χ2n) is 6.74. The molecule has 1 aliphatic heterocycles. The Morgan fingerprint density at radius 1 is 1.32 bits per heavy atom. The highest BCUT2D eigenvalue weighted by molar-refractivity contribution is 7.84. The Morgan fingerprint density at radius 2 is 2.00 bits per heavy atom. The fraction of sp³-hybridized carbons (Fsp3) is 0.588. The Balaban J connectivity index is 1.99.